The molecule has 0 bridgehead atoms. The Morgan fingerprint density at radius 3 is 3.00 bits per heavy atom. The van der Waals surface area contributed by atoms with Gasteiger partial charge in [-0.15, -0.1) is 11.8 Å². The van der Waals surface area contributed by atoms with E-state index in [0.717, 1.165) is 17.4 Å². The van der Waals surface area contributed by atoms with Crippen molar-refractivity contribution in [1.82, 2.24) is 0 Å². The molecule has 80 valence electrons. The Balaban J connectivity index is 1.90. The molecule has 1 aromatic heterocycles. The summed E-state index contributed by atoms with van der Waals surface area (Å²) in [7, 11) is 0. The summed E-state index contributed by atoms with van der Waals surface area (Å²) in [4.78, 5) is 0. The van der Waals surface area contributed by atoms with Gasteiger partial charge in [0.25, 0.3) is 0 Å². The van der Waals surface area contributed by atoms with E-state index in [1.807, 2.05) is 23.9 Å². The van der Waals surface area contributed by atoms with Crippen molar-refractivity contribution in [1.29, 1.82) is 0 Å². The van der Waals surface area contributed by atoms with Gasteiger partial charge in [-0.25, -0.2) is 0 Å². The lowest BCUT2D eigenvalue weighted by atomic mass is 10.2. The number of thioether (sulfide) groups is 1. The second kappa shape index (κ2) is 6.96. The summed E-state index contributed by atoms with van der Waals surface area (Å²) in [6.07, 6.45) is 1.74. The van der Waals surface area contributed by atoms with E-state index in [1.165, 1.54) is 18.8 Å². The molecular weight excluding hydrogens is 194 g/mol. The number of furan rings is 1. The van der Waals surface area contributed by atoms with Gasteiger partial charge in [0.2, 0.25) is 0 Å². The van der Waals surface area contributed by atoms with E-state index in [-0.39, 0.29) is 0 Å². The van der Waals surface area contributed by atoms with Crippen LogP contribution in [-0.2, 0) is 5.75 Å². The third-order valence-corrected chi connectivity index (χ3v) is 2.94. The first-order valence-corrected chi connectivity index (χ1v) is 6.36. The third-order valence-electron chi connectivity index (χ3n) is 1.93. The summed E-state index contributed by atoms with van der Waals surface area (Å²) in [5.41, 5.74) is 0. The van der Waals surface area contributed by atoms with Gasteiger partial charge in [-0.1, -0.05) is 13.8 Å². The fourth-order valence-corrected chi connectivity index (χ4v) is 2.03. The van der Waals surface area contributed by atoms with E-state index in [0.29, 0.717) is 0 Å². The highest BCUT2D eigenvalue weighted by Crippen LogP contribution is 2.10. The predicted molar refractivity (Wildman–Crippen MR) is 61.4 cm³/mol. The molecule has 1 aromatic rings. The average molecular weight is 214 g/mol. The van der Waals surface area contributed by atoms with Gasteiger partial charge < -0.3 is 9.73 Å². The van der Waals surface area contributed by atoms with Gasteiger partial charge in [0.15, 0.2) is 0 Å². The van der Waals surface area contributed by atoms with E-state index in [2.05, 4.69) is 19.2 Å². The van der Waals surface area contributed by atoms with Crippen LogP contribution in [0.3, 0.4) is 0 Å². The van der Waals surface area contributed by atoms with Crippen molar-refractivity contribution in [3.8, 4) is 0 Å². The molecule has 1 rings (SSSR count). The van der Waals surface area contributed by atoms with Gasteiger partial charge in [0.05, 0.1) is 25.1 Å². The van der Waals surface area contributed by atoms with Crippen molar-refractivity contribution < 1.29 is 9.73 Å². The number of nitrogens with two attached hydrogens (primary N) is 1. The summed E-state index contributed by atoms with van der Waals surface area (Å²) in [6, 6.07) is 3.98. The van der Waals surface area contributed by atoms with Gasteiger partial charge in [0, 0.05) is 11.7 Å². The molecule has 2 nitrogen and oxygen atoms in total. The molecule has 0 radical (unpaired) electrons. The minimum atomic E-state index is 0.796. The number of hydrogen-bond donors (Lipinski definition) is 1. The summed E-state index contributed by atoms with van der Waals surface area (Å²) in [5.74, 6) is 4.08. The first-order valence-electron chi connectivity index (χ1n) is 5.21. The zero-order valence-electron chi connectivity index (χ0n) is 9.03. The Kier molecular flexibility index (Phi) is 5.80. The SMILES string of the molecule is CC(C)C[NH2+]CCSCc1ccco1. The van der Waals surface area contributed by atoms with Crippen LogP contribution in [-0.4, -0.2) is 18.8 Å². The van der Waals surface area contributed by atoms with Crippen LogP contribution in [0.5, 0.6) is 0 Å². The topological polar surface area (TPSA) is 29.8 Å². The lowest BCUT2D eigenvalue weighted by Crippen LogP contribution is -2.85. The van der Waals surface area contributed by atoms with Crippen LogP contribution < -0.4 is 5.32 Å². The second-order valence-electron chi connectivity index (χ2n) is 3.84. The first-order chi connectivity index (χ1) is 6.79. The Morgan fingerprint density at radius 2 is 2.36 bits per heavy atom. The molecule has 0 aromatic carbocycles. The Labute approximate surface area is 90.5 Å². The Hall–Kier alpha value is -0.410. The second-order valence-corrected chi connectivity index (χ2v) is 4.94. The Bertz CT molecular complexity index is 221. The molecule has 0 saturated carbocycles. The molecular formula is C11H20NOS+. The quantitative estimate of drug-likeness (QED) is 0.701. The van der Waals surface area contributed by atoms with Crippen molar-refractivity contribution in [2.75, 3.05) is 18.8 Å². The summed E-state index contributed by atoms with van der Waals surface area (Å²) in [5, 5.41) is 2.39. The summed E-state index contributed by atoms with van der Waals surface area (Å²) >= 11 is 1.94. The maximum absolute atomic E-state index is 5.25. The van der Waals surface area contributed by atoms with E-state index in [9.17, 15) is 0 Å². The van der Waals surface area contributed by atoms with Gasteiger partial charge >= 0.3 is 0 Å². The standard InChI is InChI=1S/C11H19NOS/c1-10(2)8-12-5-7-14-9-11-4-3-6-13-11/h3-4,6,10,12H,5,7-9H2,1-2H3/p+1. The van der Waals surface area contributed by atoms with Crippen molar-refractivity contribution in [2.24, 2.45) is 5.92 Å². The third kappa shape index (κ3) is 5.35. The van der Waals surface area contributed by atoms with E-state index >= 15 is 0 Å². The highest BCUT2D eigenvalue weighted by Gasteiger charge is 1.98. The van der Waals surface area contributed by atoms with Crippen molar-refractivity contribution in [2.45, 2.75) is 19.6 Å². The van der Waals surface area contributed by atoms with Gasteiger partial charge in [-0.05, 0) is 12.1 Å². The molecule has 14 heavy (non-hydrogen) atoms. The Morgan fingerprint density at radius 1 is 1.50 bits per heavy atom. The van der Waals surface area contributed by atoms with E-state index < -0.39 is 0 Å². The van der Waals surface area contributed by atoms with Crippen LogP contribution in [0.15, 0.2) is 22.8 Å². The predicted octanol–water partition coefficient (Wildman–Crippen LogP) is 1.73. The van der Waals surface area contributed by atoms with Gasteiger partial charge in [-0.3, -0.25) is 0 Å². The lowest BCUT2D eigenvalue weighted by molar-refractivity contribution is -0.655. The van der Waals surface area contributed by atoms with Crippen LogP contribution in [0.2, 0.25) is 0 Å². The molecule has 0 fully saturated rings. The minimum Gasteiger partial charge on any atom is -0.468 e. The highest BCUT2D eigenvalue weighted by atomic mass is 32.2. The highest BCUT2D eigenvalue weighted by molar-refractivity contribution is 7.98. The molecule has 2 N–H and O–H groups in total. The fraction of sp³-hybridized carbons (Fsp3) is 0.636. The van der Waals surface area contributed by atoms with Crippen LogP contribution in [0.1, 0.15) is 19.6 Å². The molecule has 0 aliphatic rings. The largest absolute Gasteiger partial charge is 0.468 e. The lowest BCUT2D eigenvalue weighted by Gasteiger charge is -2.03. The van der Waals surface area contributed by atoms with E-state index in [4.69, 9.17) is 4.42 Å². The maximum Gasteiger partial charge on any atom is 0.113 e. The van der Waals surface area contributed by atoms with E-state index in [1.54, 1.807) is 6.26 Å². The smallest absolute Gasteiger partial charge is 0.113 e. The van der Waals surface area contributed by atoms with Crippen molar-refractivity contribution in [3.63, 3.8) is 0 Å². The normalized spacial score (nSPS) is 11.1. The average Bonchev–Trinajstić information content (AvgIpc) is 2.63. The van der Waals surface area contributed by atoms with Crippen LogP contribution >= 0.6 is 11.8 Å². The first kappa shape index (κ1) is 11.7. The molecule has 3 heteroatoms. The zero-order valence-corrected chi connectivity index (χ0v) is 9.85. The molecule has 0 aliphatic heterocycles. The summed E-state index contributed by atoms with van der Waals surface area (Å²) in [6.45, 7) is 6.96. The van der Waals surface area contributed by atoms with Crippen LogP contribution in [0, 0.1) is 5.92 Å². The molecule has 0 atom stereocenters. The van der Waals surface area contributed by atoms with Gasteiger partial charge in [0.1, 0.15) is 5.76 Å². The molecule has 0 aliphatic carbocycles. The number of rotatable bonds is 7. The molecule has 1 heterocycles. The minimum absolute atomic E-state index is 0.796. The molecule has 0 spiro atoms. The summed E-state index contributed by atoms with van der Waals surface area (Å²) < 4.78 is 5.25. The van der Waals surface area contributed by atoms with Crippen LogP contribution in [0.4, 0.5) is 0 Å². The maximum atomic E-state index is 5.25. The molecule has 0 unspecified atom stereocenters. The molecule has 0 amide bonds. The van der Waals surface area contributed by atoms with Crippen LogP contribution in [0.25, 0.3) is 0 Å². The number of hydrogen-bond acceptors (Lipinski definition) is 2. The van der Waals surface area contributed by atoms with Crippen molar-refractivity contribution >= 4 is 11.8 Å². The monoisotopic (exact) mass is 214 g/mol. The number of quaternary nitrogens is 1. The van der Waals surface area contributed by atoms with Crippen molar-refractivity contribution in [3.05, 3.63) is 24.2 Å². The zero-order chi connectivity index (χ0) is 10.2. The fourth-order valence-electron chi connectivity index (χ4n) is 1.19. The molecule has 0 saturated heterocycles. The van der Waals surface area contributed by atoms with Gasteiger partial charge in [-0.2, -0.15) is 0 Å².